The van der Waals surface area contributed by atoms with Gasteiger partial charge in [-0.1, -0.05) is 17.7 Å². The first kappa shape index (κ1) is 15.1. The van der Waals surface area contributed by atoms with Crippen molar-refractivity contribution in [3.63, 3.8) is 0 Å². The van der Waals surface area contributed by atoms with Crippen molar-refractivity contribution in [1.82, 2.24) is 9.88 Å². The highest BCUT2D eigenvalue weighted by atomic mass is 35.5. The van der Waals surface area contributed by atoms with Crippen LogP contribution < -0.4 is 15.6 Å². The molecule has 0 fully saturated rings. The lowest BCUT2D eigenvalue weighted by atomic mass is 10.3. The second-order valence-corrected chi connectivity index (χ2v) is 4.94. The predicted octanol–water partition coefficient (Wildman–Crippen LogP) is 1.73. The van der Waals surface area contributed by atoms with Gasteiger partial charge in [0.05, 0.1) is 0 Å². The van der Waals surface area contributed by atoms with E-state index in [1.807, 2.05) is 0 Å². The van der Waals surface area contributed by atoms with Crippen molar-refractivity contribution in [2.24, 2.45) is 7.05 Å². The molecule has 0 unspecified atom stereocenters. The second kappa shape index (κ2) is 6.95. The Morgan fingerprint density at radius 1 is 1.24 bits per heavy atom. The monoisotopic (exact) mass is 306 g/mol. The third-order valence-corrected chi connectivity index (χ3v) is 3.07. The van der Waals surface area contributed by atoms with E-state index < -0.39 is 0 Å². The molecule has 1 amide bonds. The highest BCUT2D eigenvalue weighted by molar-refractivity contribution is 6.30. The molecule has 0 aliphatic carbocycles. The van der Waals surface area contributed by atoms with Gasteiger partial charge < -0.3 is 14.6 Å². The smallest absolute Gasteiger partial charge is 0.258 e. The number of hydrogen-bond donors (Lipinski definition) is 1. The van der Waals surface area contributed by atoms with E-state index in [1.54, 1.807) is 43.6 Å². The van der Waals surface area contributed by atoms with Crippen LogP contribution in [0.4, 0.5) is 0 Å². The van der Waals surface area contributed by atoms with Gasteiger partial charge in [0.15, 0.2) is 6.61 Å². The molecule has 0 aliphatic heterocycles. The average Bonchev–Trinajstić information content (AvgIpc) is 2.48. The highest BCUT2D eigenvalue weighted by Gasteiger charge is 2.03. The summed E-state index contributed by atoms with van der Waals surface area (Å²) in [5, 5.41) is 3.33. The lowest BCUT2D eigenvalue weighted by Gasteiger charge is -2.08. The molecular formula is C15H15ClN2O3. The molecule has 1 heterocycles. The Balaban J connectivity index is 1.80. The van der Waals surface area contributed by atoms with E-state index in [-0.39, 0.29) is 18.1 Å². The topological polar surface area (TPSA) is 60.3 Å². The standard InChI is InChI=1S/C15H15ClN2O3/c1-18-9-11(2-7-15(18)20)8-17-14(19)10-21-13-5-3-12(16)4-6-13/h2-7,9H,8,10H2,1H3,(H,17,19). The zero-order valence-corrected chi connectivity index (χ0v) is 12.3. The van der Waals surface area contributed by atoms with E-state index in [2.05, 4.69) is 5.32 Å². The van der Waals surface area contributed by atoms with E-state index in [1.165, 1.54) is 10.6 Å². The number of rotatable bonds is 5. The first-order chi connectivity index (χ1) is 10.0. The van der Waals surface area contributed by atoms with Crippen molar-refractivity contribution in [2.75, 3.05) is 6.61 Å². The minimum Gasteiger partial charge on any atom is -0.484 e. The van der Waals surface area contributed by atoms with E-state index in [4.69, 9.17) is 16.3 Å². The molecule has 110 valence electrons. The molecule has 1 aromatic carbocycles. The number of pyridine rings is 1. The summed E-state index contributed by atoms with van der Waals surface area (Å²) in [6.45, 7) is 0.268. The van der Waals surface area contributed by atoms with Crippen LogP contribution in [0.1, 0.15) is 5.56 Å². The Kier molecular flexibility index (Phi) is 5.00. The largest absolute Gasteiger partial charge is 0.484 e. The van der Waals surface area contributed by atoms with Gasteiger partial charge in [0.1, 0.15) is 5.75 Å². The van der Waals surface area contributed by atoms with Gasteiger partial charge in [0.2, 0.25) is 5.56 Å². The van der Waals surface area contributed by atoms with Crippen molar-refractivity contribution < 1.29 is 9.53 Å². The number of nitrogens with one attached hydrogen (secondary N) is 1. The van der Waals surface area contributed by atoms with Crippen LogP contribution in [0, 0.1) is 0 Å². The number of carbonyl (C=O) groups excluding carboxylic acids is 1. The molecule has 0 saturated carbocycles. The Morgan fingerprint density at radius 2 is 1.95 bits per heavy atom. The summed E-state index contributed by atoms with van der Waals surface area (Å²) in [5.41, 5.74) is 0.757. The number of hydrogen-bond acceptors (Lipinski definition) is 3. The summed E-state index contributed by atoms with van der Waals surface area (Å²) in [7, 11) is 1.66. The highest BCUT2D eigenvalue weighted by Crippen LogP contribution is 2.15. The number of nitrogens with zero attached hydrogens (tertiary/aromatic N) is 1. The fourth-order valence-corrected chi connectivity index (χ4v) is 1.81. The van der Waals surface area contributed by atoms with Gasteiger partial charge in [-0.2, -0.15) is 0 Å². The average molecular weight is 307 g/mol. The molecule has 0 radical (unpaired) electrons. The van der Waals surface area contributed by atoms with Crippen molar-refractivity contribution >= 4 is 17.5 Å². The number of carbonyl (C=O) groups is 1. The predicted molar refractivity (Wildman–Crippen MR) is 80.5 cm³/mol. The maximum atomic E-state index is 11.7. The molecule has 2 rings (SSSR count). The molecule has 1 aromatic heterocycles. The minimum absolute atomic E-state index is 0.0760. The third kappa shape index (κ3) is 4.65. The Morgan fingerprint density at radius 3 is 2.62 bits per heavy atom. The lowest BCUT2D eigenvalue weighted by molar-refractivity contribution is -0.123. The van der Waals surface area contributed by atoms with Crippen LogP contribution >= 0.6 is 11.6 Å². The molecule has 0 bridgehead atoms. The van der Waals surface area contributed by atoms with Crippen molar-refractivity contribution in [1.29, 1.82) is 0 Å². The minimum atomic E-state index is -0.237. The molecule has 0 atom stereocenters. The zero-order valence-electron chi connectivity index (χ0n) is 11.5. The fraction of sp³-hybridized carbons (Fsp3) is 0.200. The van der Waals surface area contributed by atoms with E-state index >= 15 is 0 Å². The van der Waals surface area contributed by atoms with Gasteiger partial charge in [-0.25, -0.2) is 0 Å². The van der Waals surface area contributed by atoms with Crippen LogP contribution in [0.2, 0.25) is 5.02 Å². The van der Waals surface area contributed by atoms with Crippen molar-refractivity contribution in [2.45, 2.75) is 6.54 Å². The quantitative estimate of drug-likeness (QED) is 0.915. The van der Waals surface area contributed by atoms with Gasteiger partial charge in [-0.05, 0) is 29.8 Å². The van der Waals surface area contributed by atoms with Crippen LogP contribution in [0.5, 0.6) is 5.75 Å². The number of halogens is 1. The normalized spacial score (nSPS) is 10.2. The number of aryl methyl sites for hydroxylation is 1. The van der Waals surface area contributed by atoms with Crippen molar-refractivity contribution in [3.8, 4) is 5.75 Å². The molecule has 6 heteroatoms. The van der Waals surface area contributed by atoms with Crippen LogP contribution in [-0.2, 0) is 18.4 Å². The number of aromatic nitrogens is 1. The number of benzene rings is 1. The van der Waals surface area contributed by atoms with Gasteiger partial charge in [-0.3, -0.25) is 9.59 Å². The first-order valence-corrected chi connectivity index (χ1v) is 6.73. The Labute approximate surface area is 127 Å². The van der Waals surface area contributed by atoms with Gasteiger partial charge >= 0.3 is 0 Å². The summed E-state index contributed by atoms with van der Waals surface area (Å²) < 4.78 is 6.79. The number of amides is 1. The lowest BCUT2D eigenvalue weighted by Crippen LogP contribution is -2.29. The molecule has 2 aromatic rings. The maximum absolute atomic E-state index is 11.7. The fourth-order valence-electron chi connectivity index (χ4n) is 1.69. The third-order valence-electron chi connectivity index (χ3n) is 2.82. The van der Waals surface area contributed by atoms with E-state index in [0.29, 0.717) is 17.3 Å². The van der Waals surface area contributed by atoms with E-state index in [9.17, 15) is 9.59 Å². The van der Waals surface area contributed by atoms with Crippen LogP contribution in [0.25, 0.3) is 0 Å². The Hall–Kier alpha value is -2.27. The summed E-state index contributed by atoms with van der Waals surface area (Å²) in [5.74, 6) is 0.343. The van der Waals surface area contributed by atoms with Gasteiger partial charge in [0, 0.05) is 30.9 Å². The second-order valence-electron chi connectivity index (χ2n) is 4.51. The van der Waals surface area contributed by atoms with Gasteiger partial charge in [0.25, 0.3) is 5.91 Å². The zero-order chi connectivity index (χ0) is 15.2. The molecule has 21 heavy (non-hydrogen) atoms. The van der Waals surface area contributed by atoms with Crippen LogP contribution in [0.15, 0.2) is 47.4 Å². The molecular weight excluding hydrogens is 292 g/mol. The maximum Gasteiger partial charge on any atom is 0.258 e. The van der Waals surface area contributed by atoms with Crippen molar-refractivity contribution in [3.05, 3.63) is 63.5 Å². The Bertz CT molecular complexity index is 680. The summed E-state index contributed by atoms with van der Waals surface area (Å²) in [4.78, 5) is 22.9. The number of ether oxygens (including phenoxy) is 1. The molecule has 1 N–H and O–H groups in total. The molecule has 0 saturated heterocycles. The van der Waals surface area contributed by atoms with Crippen LogP contribution in [0.3, 0.4) is 0 Å². The van der Waals surface area contributed by atoms with Crippen LogP contribution in [-0.4, -0.2) is 17.1 Å². The summed E-state index contributed by atoms with van der Waals surface area (Å²) >= 11 is 5.76. The first-order valence-electron chi connectivity index (χ1n) is 6.35. The molecule has 5 nitrogen and oxygen atoms in total. The summed E-state index contributed by atoms with van der Waals surface area (Å²) in [6.07, 6.45) is 1.68. The van der Waals surface area contributed by atoms with E-state index in [0.717, 1.165) is 5.56 Å². The van der Waals surface area contributed by atoms with Gasteiger partial charge in [-0.15, -0.1) is 0 Å². The summed E-state index contributed by atoms with van der Waals surface area (Å²) in [6, 6.07) is 9.93. The SMILES string of the molecule is Cn1cc(CNC(=O)COc2ccc(Cl)cc2)ccc1=O. The molecule has 0 aliphatic rings. The molecule has 0 spiro atoms.